The molecule has 0 unspecified atom stereocenters. The third kappa shape index (κ3) is 5.50. The van der Waals surface area contributed by atoms with Gasteiger partial charge in [0.25, 0.3) is 0 Å². The molecule has 1 nitrogen and oxygen atoms in total. The Balaban J connectivity index is 0.000000339. The van der Waals surface area contributed by atoms with Gasteiger partial charge in [-0.05, 0) is 11.5 Å². The second-order valence-corrected chi connectivity index (χ2v) is 7.61. The van der Waals surface area contributed by atoms with Crippen molar-refractivity contribution in [3.63, 3.8) is 0 Å². The van der Waals surface area contributed by atoms with E-state index in [0.717, 1.165) is 5.75 Å². The molecule has 5 rings (SSSR count). The molecule has 0 aliphatic carbocycles. The summed E-state index contributed by atoms with van der Waals surface area (Å²) >= 11 is 1.36. The maximum absolute atomic E-state index is 5.31. The molecule has 0 aromatic heterocycles. The summed E-state index contributed by atoms with van der Waals surface area (Å²) in [6.45, 7) is 11.7. The van der Waals surface area contributed by atoms with E-state index in [4.69, 9.17) is 4.74 Å². The van der Waals surface area contributed by atoms with Crippen molar-refractivity contribution >= 4 is 39.2 Å². The third-order valence-corrected chi connectivity index (χ3v) is 5.98. The van der Waals surface area contributed by atoms with Gasteiger partial charge in [0.15, 0.2) is 0 Å². The molecular formula is C29H32OSiZr-4. The van der Waals surface area contributed by atoms with Crippen LogP contribution in [0, 0.1) is 42.5 Å². The zero-order chi connectivity index (χ0) is 21.8. The Morgan fingerprint density at radius 3 is 1.91 bits per heavy atom. The van der Waals surface area contributed by atoms with E-state index in [2.05, 4.69) is 95.2 Å². The minimum atomic E-state index is 0. The van der Waals surface area contributed by atoms with Gasteiger partial charge in [0.1, 0.15) is 0 Å². The Bertz CT molecular complexity index is 1290. The monoisotopic (exact) mass is 514 g/mol. The van der Waals surface area contributed by atoms with Crippen LogP contribution in [-0.4, -0.2) is 14.0 Å². The predicted octanol–water partition coefficient (Wildman–Crippen LogP) is 8.03. The summed E-state index contributed by atoms with van der Waals surface area (Å²) in [6.07, 6.45) is 0. The molecular weight excluding hydrogens is 484 g/mol. The Labute approximate surface area is 210 Å². The van der Waals surface area contributed by atoms with Gasteiger partial charge in [-0.15, -0.1) is 33.7 Å². The van der Waals surface area contributed by atoms with Gasteiger partial charge in [-0.3, -0.25) is 0 Å². The molecule has 0 heterocycles. The number of hydrogen-bond donors (Lipinski definition) is 0. The van der Waals surface area contributed by atoms with Crippen molar-refractivity contribution in [2.75, 3.05) is 7.11 Å². The summed E-state index contributed by atoms with van der Waals surface area (Å²) in [5.41, 5.74) is 5.75. The molecule has 0 aliphatic rings. The van der Waals surface area contributed by atoms with Crippen LogP contribution in [0.3, 0.4) is 0 Å². The first-order chi connectivity index (χ1) is 14.5. The van der Waals surface area contributed by atoms with Crippen LogP contribution >= 0.6 is 0 Å². The second kappa shape index (κ2) is 12.3. The first-order valence-electron chi connectivity index (χ1n) is 9.99. The fraction of sp³-hybridized carbons (Fsp3) is 0.172. The van der Waals surface area contributed by atoms with Gasteiger partial charge in [0, 0.05) is 0 Å². The fourth-order valence-electron chi connectivity index (χ4n) is 4.02. The first kappa shape index (κ1) is 28.1. The normalized spacial score (nSPS) is 9.75. The van der Waals surface area contributed by atoms with Gasteiger partial charge in [-0.1, -0.05) is 75.5 Å². The Hall–Kier alpha value is -1.96. The average Bonchev–Trinajstić information content (AvgIpc) is 3.27. The molecule has 0 bridgehead atoms. The molecule has 2 radical (unpaired) electrons. The van der Waals surface area contributed by atoms with Crippen molar-refractivity contribution < 1.29 is 28.1 Å². The van der Waals surface area contributed by atoms with Crippen LogP contribution in [0.2, 0.25) is 0 Å². The summed E-state index contributed by atoms with van der Waals surface area (Å²) < 4.78 is 5.31. The number of aryl methyl sites for hydroxylation is 2. The van der Waals surface area contributed by atoms with Gasteiger partial charge in [-0.2, -0.15) is 28.3 Å². The summed E-state index contributed by atoms with van der Waals surface area (Å²) in [6, 6.07) is 23.7. The van der Waals surface area contributed by atoms with Crippen LogP contribution in [0.15, 0.2) is 66.7 Å². The third-order valence-electron chi connectivity index (χ3n) is 5.98. The van der Waals surface area contributed by atoms with E-state index in [-0.39, 0.29) is 14.9 Å². The first-order valence-corrected chi connectivity index (χ1v) is 14.2. The molecule has 0 N–H and O–H groups in total. The van der Waals surface area contributed by atoms with Gasteiger partial charge < -0.3 is 19.6 Å². The van der Waals surface area contributed by atoms with E-state index in [0.29, 0.717) is 0 Å². The van der Waals surface area contributed by atoms with Crippen molar-refractivity contribution in [2.45, 2.75) is 27.7 Å². The molecule has 0 atom stereocenters. The standard InChI is InChI=1S/C18H13O.C9H13.2CH3.Si.Zr/c1-19-15-8-9-17-14(11-15)10-13-7-6-12-4-2-3-5-16(12)18(13)17;1-6-5-7(2)9(4)8(6)3;;;;/h2-11H,1H3;5H,1-4H3;2*1H3;;/q4*-1;;. The van der Waals surface area contributed by atoms with Crippen molar-refractivity contribution in [2.24, 2.45) is 0 Å². The number of ether oxygens (including phenoxy) is 1. The Morgan fingerprint density at radius 2 is 1.34 bits per heavy atom. The quantitative estimate of drug-likeness (QED) is 0.162. The zero-order valence-electron chi connectivity index (χ0n) is 20.3. The van der Waals surface area contributed by atoms with E-state index in [1.807, 2.05) is 6.07 Å². The van der Waals surface area contributed by atoms with Crippen LogP contribution in [0.25, 0.3) is 32.3 Å². The molecule has 5 aromatic rings. The van der Waals surface area contributed by atoms with E-state index >= 15 is 0 Å². The molecule has 32 heavy (non-hydrogen) atoms. The fourth-order valence-corrected chi connectivity index (χ4v) is 4.02. The van der Waals surface area contributed by atoms with E-state index in [1.165, 1.54) is 77.9 Å². The number of fused-ring (bicyclic) bond motifs is 5. The van der Waals surface area contributed by atoms with Crippen LogP contribution in [-0.2, 0) is 23.3 Å². The maximum atomic E-state index is 5.31. The zero-order valence-corrected chi connectivity index (χ0v) is 23.7. The summed E-state index contributed by atoms with van der Waals surface area (Å²) in [5.74, 6) is 0.909. The van der Waals surface area contributed by atoms with Crippen LogP contribution < -0.4 is 4.74 Å². The van der Waals surface area contributed by atoms with Crippen molar-refractivity contribution in [3.8, 4) is 5.75 Å². The molecule has 0 saturated heterocycles. The molecule has 0 saturated carbocycles. The number of benzene rings is 3. The van der Waals surface area contributed by atoms with E-state index in [1.54, 1.807) is 7.11 Å². The molecule has 0 amide bonds. The van der Waals surface area contributed by atoms with Gasteiger partial charge in [0.05, 0.1) is 12.9 Å². The summed E-state index contributed by atoms with van der Waals surface area (Å²) in [5, 5.41) is 7.79. The van der Waals surface area contributed by atoms with Crippen LogP contribution in [0.4, 0.5) is 0 Å². The molecule has 5 aromatic carbocycles. The van der Waals surface area contributed by atoms with Gasteiger partial charge >= 0.3 is 30.2 Å². The number of rotatable bonds is 1. The number of methoxy groups -OCH3 is 1. The van der Waals surface area contributed by atoms with E-state index < -0.39 is 0 Å². The molecule has 0 aliphatic heterocycles. The SMILES string of the molecule is COc1ccc2c(c1)[cH-]c1ccc3ccccc3c12.Cc1[cH-]c(C)c(C)c1C.[CH3-].[CH3-].[Si]=[Zr]. The molecule has 3 heteroatoms. The van der Waals surface area contributed by atoms with Crippen LogP contribution in [0.1, 0.15) is 22.3 Å². The van der Waals surface area contributed by atoms with Crippen LogP contribution in [0.5, 0.6) is 5.75 Å². The van der Waals surface area contributed by atoms with Crippen molar-refractivity contribution in [1.29, 1.82) is 0 Å². The average molecular weight is 516 g/mol. The van der Waals surface area contributed by atoms with Crippen molar-refractivity contribution in [1.82, 2.24) is 0 Å². The minimum absolute atomic E-state index is 0. The number of hydrogen-bond acceptors (Lipinski definition) is 1. The summed E-state index contributed by atoms with van der Waals surface area (Å²) in [7, 11) is 1.71. The van der Waals surface area contributed by atoms with Gasteiger partial charge in [0.2, 0.25) is 0 Å². The van der Waals surface area contributed by atoms with Crippen molar-refractivity contribution in [3.05, 3.63) is 104 Å². The Kier molecular flexibility index (Phi) is 10.8. The van der Waals surface area contributed by atoms with E-state index in [9.17, 15) is 0 Å². The second-order valence-electron chi connectivity index (χ2n) is 7.61. The molecule has 166 valence electrons. The summed E-state index contributed by atoms with van der Waals surface area (Å²) in [4.78, 5) is 0. The molecule has 0 spiro atoms. The topological polar surface area (TPSA) is 9.23 Å². The molecule has 0 fully saturated rings. The Morgan fingerprint density at radius 1 is 0.719 bits per heavy atom. The van der Waals surface area contributed by atoms with Gasteiger partial charge in [-0.25, -0.2) is 0 Å². The predicted molar refractivity (Wildman–Crippen MR) is 141 cm³/mol.